The molecule has 1 saturated heterocycles. The molecule has 0 radical (unpaired) electrons. The Morgan fingerprint density at radius 2 is 1.89 bits per heavy atom. The van der Waals surface area contributed by atoms with E-state index < -0.39 is 23.8 Å². The molecule has 1 aromatic rings. The Bertz CT molecular complexity index is 514. The van der Waals surface area contributed by atoms with Crippen LogP contribution in [-0.2, 0) is 16.1 Å². The molecular formula is C12H13N3O3S. The Morgan fingerprint density at radius 3 is 2.42 bits per heavy atom. The van der Waals surface area contributed by atoms with E-state index in [-0.39, 0.29) is 0 Å². The van der Waals surface area contributed by atoms with Crippen molar-refractivity contribution in [2.75, 3.05) is 14.1 Å². The van der Waals surface area contributed by atoms with Crippen LogP contribution < -0.4 is 0 Å². The van der Waals surface area contributed by atoms with Gasteiger partial charge >= 0.3 is 6.03 Å². The number of thiophene rings is 1. The molecule has 1 aromatic heterocycles. The van der Waals surface area contributed by atoms with Gasteiger partial charge in [-0.1, -0.05) is 6.07 Å². The van der Waals surface area contributed by atoms with E-state index in [0.29, 0.717) is 6.54 Å². The molecule has 0 spiro atoms. The van der Waals surface area contributed by atoms with Gasteiger partial charge in [-0.15, -0.1) is 11.3 Å². The number of carbonyl (C=O) groups is 3. The highest BCUT2D eigenvalue weighted by molar-refractivity contribution is 7.09. The second-order valence-electron chi connectivity index (χ2n) is 4.12. The molecule has 7 heteroatoms. The molecule has 4 amide bonds. The number of hydrogen-bond donors (Lipinski definition) is 0. The van der Waals surface area contributed by atoms with E-state index in [1.54, 1.807) is 11.3 Å². The molecule has 0 bridgehead atoms. The Morgan fingerprint density at radius 1 is 1.26 bits per heavy atom. The Kier molecular flexibility index (Phi) is 3.75. The molecule has 0 unspecified atom stereocenters. The minimum absolute atomic E-state index is 0.427. The van der Waals surface area contributed by atoms with Crippen molar-refractivity contribution in [1.29, 1.82) is 0 Å². The summed E-state index contributed by atoms with van der Waals surface area (Å²) in [5.74, 6) is -2.08. The molecule has 6 nitrogen and oxygen atoms in total. The number of rotatable bonds is 3. The normalized spacial score (nSPS) is 17.9. The lowest BCUT2D eigenvalue weighted by Crippen LogP contribution is -2.57. The quantitative estimate of drug-likeness (QED) is 0.612. The first-order chi connectivity index (χ1) is 9.02. The molecule has 19 heavy (non-hydrogen) atoms. The van der Waals surface area contributed by atoms with E-state index >= 15 is 0 Å². The first kappa shape index (κ1) is 13.4. The molecule has 0 aromatic carbocycles. The fourth-order valence-electron chi connectivity index (χ4n) is 1.71. The molecule has 0 aliphatic carbocycles. The van der Waals surface area contributed by atoms with E-state index in [1.807, 2.05) is 17.5 Å². The molecule has 100 valence electrons. The summed E-state index contributed by atoms with van der Waals surface area (Å²) in [5.41, 5.74) is 0. The zero-order valence-electron chi connectivity index (χ0n) is 10.6. The molecule has 0 N–H and O–H groups in total. The first-order valence-corrected chi connectivity index (χ1v) is 6.51. The van der Waals surface area contributed by atoms with E-state index in [1.165, 1.54) is 20.3 Å². The first-order valence-electron chi connectivity index (χ1n) is 5.64. The van der Waals surface area contributed by atoms with Gasteiger partial charge in [0.1, 0.15) is 0 Å². The molecule has 0 atom stereocenters. The van der Waals surface area contributed by atoms with Gasteiger partial charge in [-0.05, 0) is 11.4 Å². The van der Waals surface area contributed by atoms with Crippen molar-refractivity contribution in [1.82, 2.24) is 9.80 Å². The van der Waals surface area contributed by atoms with Gasteiger partial charge in [0.25, 0.3) is 0 Å². The summed E-state index contributed by atoms with van der Waals surface area (Å²) in [6.07, 6.45) is 1.32. The van der Waals surface area contributed by atoms with Crippen LogP contribution in [0.4, 0.5) is 4.79 Å². The van der Waals surface area contributed by atoms with Crippen molar-refractivity contribution in [2.24, 2.45) is 10.9 Å². The van der Waals surface area contributed by atoms with Gasteiger partial charge < -0.3 is 0 Å². The molecule has 1 aliphatic rings. The van der Waals surface area contributed by atoms with E-state index in [0.717, 1.165) is 14.7 Å². The fraction of sp³-hybridized carbons (Fsp3) is 0.333. The van der Waals surface area contributed by atoms with Gasteiger partial charge in [-0.2, -0.15) is 0 Å². The van der Waals surface area contributed by atoms with Crippen LogP contribution in [0.5, 0.6) is 0 Å². The lowest BCUT2D eigenvalue weighted by atomic mass is 10.1. The van der Waals surface area contributed by atoms with Crippen molar-refractivity contribution in [3.05, 3.63) is 22.4 Å². The Balaban J connectivity index is 2.10. The monoisotopic (exact) mass is 279 g/mol. The van der Waals surface area contributed by atoms with Gasteiger partial charge in [0.15, 0.2) is 5.92 Å². The van der Waals surface area contributed by atoms with Crippen molar-refractivity contribution in [2.45, 2.75) is 6.54 Å². The molecule has 1 aliphatic heterocycles. The Hall–Kier alpha value is -2.02. The van der Waals surface area contributed by atoms with Gasteiger partial charge in [0.05, 0.1) is 6.54 Å². The fourth-order valence-corrected chi connectivity index (χ4v) is 2.35. The SMILES string of the molecule is CN1C(=O)C(C=NCc2cccs2)C(=O)N(C)C1=O. The summed E-state index contributed by atoms with van der Waals surface area (Å²) < 4.78 is 0. The van der Waals surface area contributed by atoms with Gasteiger partial charge in [-0.25, -0.2) is 4.79 Å². The minimum Gasteiger partial charge on any atom is -0.291 e. The number of carbonyl (C=O) groups excluding carboxylic acids is 3. The predicted molar refractivity (Wildman–Crippen MR) is 70.9 cm³/mol. The van der Waals surface area contributed by atoms with Gasteiger partial charge in [0, 0.05) is 25.2 Å². The van der Waals surface area contributed by atoms with Crippen LogP contribution in [-0.4, -0.2) is 48.0 Å². The number of urea groups is 1. The lowest BCUT2D eigenvalue weighted by Gasteiger charge is -2.31. The van der Waals surface area contributed by atoms with Gasteiger partial charge in [-0.3, -0.25) is 24.4 Å². The second-order valence-corrected chi connectivity index (χ2v) is 5.16. The van der Waals surface area contributed by atoms with Crippen molar-refractivity contribution in [3.8, 4) is 0 Å². The van der Waals surface area contributed by atoms with E-state index in [4.69, 9.17) is 0 Å². The maximum absolute atomic E-state index is 11.9. The number of imide groups is 2. The molecule has 0 saturated carbocycles. The van der Waals surface area contributed by atoms with Crippen LogP contribution in [0.1, 0.15) is 4.88 Å². The number of hydrogen-bond acceptors (Lipinski definition) is 5. The lowest BCUT2D eigenvalue weighted by molar-refractivity contribution is -0.144. The third kappa shape index (κ3) is 2.55. The number of barbiturate groups is 1. The highest BCUT2D eigenvalue weighted by atomic mass is 32.1. The van der Waals surface area contributed by atoms with Crippen LogP contribution >= 0.6 is 11.3 Å². The summed E-state index contributed by atoms with van der Waals surface area (Å²) >= 11 is 1.55. The molecular weight excluding hydrogens is 266 g/mol. The number of amides is 4. The van der Waals surface area contributed by atoms with Crippen molar-refractivity contribution in [3.63, 3.8) is 0 Å². The average Bonchev–Trinajstić information content (AvgIpc) is 2.91. The second kappa shape index (κ2) is 5.31. The number of aliphatic imine (C=N–C) groups is 1. The summed E-state index contributed by atoms with van der Waals surface area (Å²) in [5, 5.41) is 1.93. The van der Waals surface area contributed by atoms with E-state index in [9.17, 15) is 14.4 Å². The summed E-state index contributed by atoms with van der Waals surface area (Å²) in [6.45, 7) is 0.427. The number of nitrogens with zero attached hydrogens (tertiary/aromatic N) is 3. The maximum Gasteiger partial charge on any atom is 0.332 e. The van der Waals surface area contributed by atoms with Crippen LogP contribution in [0.3, 0.4) is 0 Å². The Labute approximate surface area is 114 Å². The average molecular weight is 279 g/mol. The topological polar surface area (TPSA) is 70.1 Å². The third-order valence-electron chi connectivity index (χ3n) is 2.85. The summed E-state index contributed by atoms with van der Waals surface area (Å²) in [4.78, 5) is 42.3. The van der Waals surface area contributed by atoms with E-state index in [2.05, 4.69) is 4.99 Å². The van der Waals surface area contributed by atoms with Crippen LogP contribution in [0, 0.1) is 5.92 Å². The zero-order chi connectivity index (χ0) is 14.0. The summed E-state index contributed by atoms with van der Waals surface area (Å²) in [6, 6.07) is 3.22. The highest BCUT2D eigenvalue weighted by Gasteiger charge is 2.41. The zero-order valence-corrected chi connectivity index (χ0v) is 11.4. The standard InChI is InChI=1S/C12H13N3O3S/c1-14-10(16)9(11(17)15(2)12(14)18)7-13-6-8-4-3-5-19-8/h3-5,7,9H,6H2,1-2H3. The molecule has 2 rings (SSSR count). The van der Waals surface area contributed by atoms with Crippen molar-refractivity contribution < 1.29 is 14.4 Å². The van der Waals surface area contributed by atoms with Crippen LogP contribution in [0.15, 0.2) is 22.5 Å². The third-order valence-corrected chi connectivity index (χ3v) is 3.71. The smallest absolute Gasteiger partial charge is 0.291 e. The largest absolute Gasteiger partial charge is 0.332 e. The molecule has 2 heterocycles. The summed E-state index contributed by atoms with van der Waals surface area (Å²) in [7, 11) is 2.71. The van der Waals surface area contributed by atoms with Gasteiger partial charge in [0.2, 0.25) is 11.8 Å². The molecule has 1 fully saturated rings. The maximum atomic E-state index is 11.9. The predicted octanol–water partition coefficient (Wildman–Crippen LogP) is 0.986. The highest BCUT2D eigenvalue weighted by Crippen LogP contribution is 2.14. The van der Waals surface area contributed by atoms with Crippen molar-refractivity contribution >= 4 is 35.4 Å². The van der Waals surface area contributed by atoms with Crippen LogP contribution in [0.25, 0.3) is 0 Å². The minimum atomic E-state index is -1.01. The van der Waals surface area contributed by atoms with Crippen LogP contribution in [0.2, 0.25) is 0 Å².